The van der Waals surface area contributed by atoms with E-state index >= 15 is 0 Å². The Kier molecular flexibility index (Phi) is 4.77. The summed E-state index contributed by atoms with van der Waals surface area (Å²) in [7, 11) is -1.76. The van der Waals surface area contributed by atoms with Gasteiger partial charge in [0.05, 0.1) is 22.3 Å². The lowest BCUT2D eigenvalue weighted by Gasteiger charge is -2.03. The lowest BCUT2D eigenvalue weighted by molar-refractivity contribution is -0.387. The largest absolute Gasteiger partial charge is 0.465 e. The molecule has 0 N–H and O–H groups in total. The number of nitro groups is 1. The number of benzene rings is 1. The number of carbonyl (C=O) groups is 1. The molecule has 92 valence electrons. The van der Waals surface area contributed by atoms with Crippen LogP contribution in [-0.2, 0) is 20.3 Å². The number of para-hydroxylation sites is 1. The number of esters is 1. The molecule has 7 heteroatoms. The van der Waals surface area contributed by atoms with Crippen LogP contribution in [0.5, 0.6) is 0 Å². The number of carbonyl (C=O) groups excluding carboxylic acids is 1. The molecule has 0 aliphatic rings. The first kappa shape index (κ1) is 13.3. The van der Waals surface area contributed by atoms with Crippen molar-refractivity contribution >= 4 is 22.5 Å². The Morgan fingerprint density at radius 3 is 2.71 bits per heavy atom. The minimum Gasteiger partial charge on any atom is -0.465 e. The Labute approximate surface area is 100 Å². The van der Waals surface area contributed by atoms with Gasteiger partial charge in [-0.2, -0.15) is 0 Å². The average molecular weight is 257 g/mol. The highest BCUT2D eigenvalue weighted by molar-refractivity contribution is 7.85. The van der Waals surface area contributed by atoms with E-state index in [0.717, 1.165) is 0 Å². The maximum absolute atomic E-state index is 11.8. The van der Waals surface area contributed by atoms with E-state index in [9.17, 15) is 19.1 Å². The lowest BCUT2D eigenvalue weighted by Crippen LogP contribution is -2.14. The highest BCUT2D eigenvalue weighted by atomic mass is 32.2. The van der Waals surface area contributed by atoms with E-state index in [-0.39, 0.29) is 22.9 Å². The predicted octanol–water partition coefficient (Wildman–Crippen LogP) is 1.27. The highest BCUT2D eigenvalue weighted by Gasteiger charge is 2.20. The van der Waals surface area contributed by atoms with Gasteiger partial charge in [-0.3, -0.25) is 19.1 Å². The molecule has 1 unspecified atom stereocenters. The molecule has 1 rings (SSSR count). The summed E-state index contributed by atoms with van der Waals surface area (Å²) in [5.74, 6) is -1.01. The Bertz CT molecular complexity index is 460. The number of rotatable bonds is 5. The standard InChI is InChI=1S/C10H11NO5S/c1-2-16-10(12)7-17(15)9-6-4-3-5-8(9)11(13)14/h3-6H,2,7H2,1H3. The average Bonchev–Trinajstić information content (AvgIpc) is 2.29. The van der Waals surface area contributed by atoms with Crippen molar-refractivity contribution in [3.63, 3.8) is 0 Å². The van der Waals surface area contributed by atoms with Gasteiger partial charge in [-0.1, -0.05) is 12.1 Å². The fraction of sp³-hybridized carbons (Fsp3) is 0.300. The molecule has 0 amide bonds. The molecule has 17 heavy (non-hydrogen) atoms. The Morgan fingerprint density at radius 2 is 2.12 bits per heavy atom. The third-order valence-corrected chi connectivity index (χ3v) is 3.20. The molecular formula is C10H11NO5S. The van der Waals surface area contributed by atoms with E-state index in [0.29, 0.717) is 0 Å². The van der Waals surface area contributed by atoms with E-state index in [1.807, 2.05) is 0 Å². The lowest BCUT2D eigenvalue weighted by atomic mass is 10.3. The summed E-state index contributed by atoms with van der Waals surface area (Å²) in [6, 6.07) is 5.63. The van der Waals surface area contributed by atoms with Crippen LogP contribution in [0.25, 0.3) is 0 Å². The van der Waals surface area contributed by atoms with Crippen LogP contribution in [0.15, 0.2) is 29.2 Å². The highest BCUT2D eigenvalue weighted by Crippen LogP contribution is 2.21. The van der Waals surface area contributed by atoms with Gasteiger partial charge >= 0.3 is 5.97 Å². The normalized spacial score (nSPS) is 11.8. The number of nitro benzene ring substituents is 1. The van der Waals surface area contributed by atoms with Gasteiger partial charge < -0.3 is 4.74 Å². The summed E-state index contributed by atoms with van der Waals surface area (Å²) < 4.78 is 16.4. The molecule has 0 saturated carbocycles. The number of hydrogen-bond donors (Lipinski definition) is 0. The van der Waals surface area contributed by atoms with Crippen LogP contribution in [0, 0.1) is 10.1 Å². The molecule has 0 fully saturated rings. The summed E-state index contributed by atoms with van der Waals surface area (Å²) in [6.45, 7) is 1.82. The summed E-state index contributed by atoms with van der Waals surface area (Å²) in [5.41, 5.74) is -0.255. The fourth-order valence-electron chi connectivity index (χ4n) is 1.19. The molecule has 1 aromatic carbocycles. The van der Waals surface area contributed by atoms with Crippen molar-refractivity contribution in [2.75, 3.05) is 12.4 Å². The maximum Gasteiger partial charge on any atom is 0.318 e. The summed E-state index contributed by atoms with van der Waals surface area (Å²) in [5, 5.41) is 10.7. The van der Waals surface area contributed by atoms with E-state index in [1.165, 1.54) is 24.3 Å². The Balaban J connectivity index is 2.89. The van der Waals surface area contributed by atoms with Crippen molar-refractivity contribution in [2.45, 2.75) is 11.8 Å². The van der Waals surface area contributed by atoms with Gasteiger partial charge in [-0.05, 0) is 13.0 Å². The first-order valence-corrected chi connectivity index (χ1v) is 6.15. The second-order valence-electron chi connectivity index (χ2n) is 3.02. The monoisotopic (exact) mass is 257 g/mol. The summed E-state index contributed by atoms with van der Waals surface area (Å²) >= 11 is 0. The van der Waals surface area contributed by atoms with Crippen LogP contribution in [0.2, 0.25) is 0 Å². The van der Waals surface area contributed by atoms with Crippen LogP contribution >= 0.6 is 0 Å². The quantitative estimate of drug-likeness (QED) is 0.450. The van der Waals surface area contributed by atoms with Crippen molar-refractivity contribution in [3.05, 3.63) is 34.4 Å². The minimum absolute atomic E-state index is 0.0329. The summed E-state index contributed by atoms with van der Waals surface area (Å²) in [6.07, 6.45) is 0. The zero-order valence-electron chi connectivity index (χ0n) is 9.12. The second-order valence-corrected chi connectivity index (χ2v) is 4.44. The van der Waals surface area contributed by atoms with E-state index in [2.05, 4.69) is 4.74 Å². The first-order valence-electron chi connectivity index (χ1n) is 4.83. The molecule has 0 aliphatic carbocycles. The van der Waals surface area contributed by atoms with Crippen LogP contribution in [0.3, 0.4) is 0 Å². The van der Waals surface area contributed by atoms with E-state index in [1.54, 1.807) is 6.92 Å². The van der Waals surface area contributed by atoms with Gasteiger partial charge in [0.25, 0.3) is 5.69 Å². The molecule has 0 heterocycles. The zero-order chi connectivity index (χ0) is 12.8. The minimum atomic E-state index is -1.76. The first-order chi connectivity index (χ1) is 8.06. The molecule has 1 atom stereocenters. The number of nitrogens with zero attached hydrogens (tertiary/aromatic N) is 1. The molecule has 6 nitrogen and oxygen atoms in total. The molecule has 0 aromatic heterocycles. The topological polar surface area (TPSA) is 86.5 Å². The van der Waals surface area contributed by atoms with Crippen molar-refractivity contribution in [1.29, 1.82) is 0 Å². The summed E-state index contributed by atoms with van der Waals surface area (Å²) in [4.78, 5) is 21.2. The van der Waals surface area contributed by atoms with Crippen molar-refractivity contribution in [1.82, 2.24) is 0 Å². The molecule has 0 saturated heterocycles. The molecule has 1 aromatic rings. The molecule has 0 spiro atoms. The molecule has 0 aliphatic heterocycles. The Morgan fingerprint density at radius 1 is 1.47 bits per heavy atom. The Hall–Kier alpha value is -1.76. The van der Waals surface area contributed by atoms with Crippen LogP contribution in [-0.4, -0.2) is 27.5 Å². The van der Waals surface area contributed by atoms with Gasteiger partial charge in [0.15, 0.2) is 0 Å². The van der Waals surface area contributed by atoms with E-state index < -0.39 is 21.7 Å². The van der Waals surface area contributed by atoms with Gasteiger partial charge in [-0.25, -0.2) is 0 Å². The van der Waals surface area contributed by atoms with Crippen LogP contribution < -0.4 is 0 Å². The second kappa shape index (κ2) is 6.09. The van der Waals surface area contributed by atoms with Gasteiger partial charge in [0.1, 0.15) is 10.6 Å². The predicted molar refractivity (Wildman–Crippen MR) is 61.0 cm³/mol. The van der Waals surface area contributed by atoms with Gasteiger partial charge in [0.2, 0.25) is 0 Å². The molecule has 0 bridgehead atoms. The van der Waals surface area contributed by atoms with Crippen molar-refractivity contribution < 1.29 is 18.7 Å². The SMILES string of the molecule is CCOC(=O)CS(=O)c1ccccc1[N+](=O)[O-]. The molecular weight excluding hydrogens is 246 g/mol. The van der Waals surface area contributed by atoms with Crippen molar-refractivity contribution in [3.8, 4) is 0 Å². The van der Waals surface area contributed by atoms with Crippen LogP contribution in [0.1, 0.15) is 6.92 Å². The third-order valence-electron chi connectivity index (χ3n) is 1.86. The zero-order valence-corrected chi connectivity index (χ0v) is 9.94. The smallest absolute Gasteiger partial charge is 0.318 e. The third kappa shape index (κ3) is 3.63. The number of ether oxygens (including phenoxy) is 1. The number of hydrogen-bond acceptors (Lipinski definition) is 5. The van der Waals surface area contributed by atoms with Gasteiger partial charge in [0, 0.05) is 6.07 Å². The fourth-order valence-corrected chi connectivity index (χ4v) is 2.25. The van der Waals surface area contributed by atoms with Gasteiger partial charge in [-0.15, -0.1) is 0 Å². The van der Waals surface area contributed by atoms with E-state index in [4.69, 9.17) is 0 Å². The van der Waals surface area contributed by atoms with Crippen LogP contribution in [0.4, 0.5) is 5.69 Å². The maximum atomic E-state index is 11.8. The van der Waals surface area contributed by atoms with Crippen molar-refractivity contribution in [2.24, 2.45) is 0 Å². The molecule has 0 radical (unpaired) electrons.